The van der Waals surface area contributed by atoms with Crippen LogP contribution >= 0.6 is 0 Å². The summed E-state index contributed by atoms with van der Waals surface area (Å²) in [6, 6.07) is 3.37. The molecule has 0 saturated heterocycles. The van der Waals surface area contributed by atoms with Gasteiger partial charge in [0.05, 0.1) is 5.60 Å². The van der Waals surface area contributed by atoms with Crippen LogP contribution in [0.15, 0.2) is 18.2 Å². The predicted molar refractivity (Wildman–Crippen MR) is 75.2 cm³/mol. The van der Waals surface area contributed by atoms with Crippen molar-refractivity contribution in [3.63, 3.8) is 0 Å². The smallest absolute Gasteiger partial charge is 0.126 e. The lowest BCUT2D eigenvalue weighted by Gasteiger charge is -2.46. The van der Waals surface area contributed by atoms with Crippen LogP contribution < -0.4 is 5.73 Å². The summed E-state index contributed by atoms with van der Waals surface area (Å²) in [5.74, 6) is -1.07. The van der Waals surface area contributed by atoms with Gasteiger partial charge in [-0.2, -0.15) is 0 Å². The van der Waals surface area contributed by atoms with Crippen LogP contribution in [0.25, 0.3) is 0 Å². The first-order valence-corrected chi connectivity index (χ1v) is 7.17. The van der Waals surface area contributed by atoms with Crippen molar-refractivity contribution in [2.24, 2.45) is 11.7 Å². The van der Waals surface area contributed by atoms with Crippen LogP contribution in [-0.4, -0.2) is 16.2 Å². The van der Waals surface area contributed by atoms with E-state index >= 15 is 0 Å². The Labute approximate surface area is 119 Å². The molecule has 0 unspecified atom stereocenters. The van der Waals surface area contributed by atoms with Crippen LogP contribution in [0.2, 0.25) is 0 Å². The van der Waals surface area contributed by atoms with E-state index in [0.717, 1.165) is 31.4 Å². The molecule has 0 aliphatic heterocycles. The Morgan fingerprint density at radius 2 is 2.05 bits per heavy atom. The molecule has 2 rings (SSSR count). The third kappa shape index (κ3) is 3.18. The molecule has 1 saturated carbocycles. The summed E-state index contributed by atoms with van der Waals surface area (Å²) < 4.78 is 27.1. The monoisotopic (exact) mass is 283 g/mol. The van der Waals surface area contributed by atoms with Gasteiger partial charge in [-0.3, -0.25) is 0 Å². The van der Waals surface area contributed by atoms with Crippen molar-refractivity contribution in [3.05, 3.63) is 35.4 Å². The topological polar surface area (TPSA) is 46.2 Å². The Balaban J connectivity index is 2.30. The number of nitrogens with two attached hydrogens (primary N) is 1. The van der Waals surface area contributed by atoms with Crippen molar-refractivity contribution in [2.45, 2.75) is 57.1 Å². The molecule has 112 valence electrons. The zero-order valence-electron chi connectivity index (χ0n) is 12.1. The Morgan fingerprint density at radius 1 is 1.35 bits per heavy atom. The van der Waals surface area contributed by atoms with Gasteiger partial charge in [0.25, 0.3) is 0 Å². The quantitative estimate of drug-likeness (QED) is 0.895. The summed E-state index contributed by atoms with van der Waals surface area (Å²) in [5.41, 5.74) is 4.80. The normalized spacial score (nSPS) is 27.6. The van der Waals surface area contributed by atoms with E-state index in [1.54, 1.807) is 0 Å². The molecule has 1 fully saturated rings. The molecule has 1 aromatic rings. The molecule has 0 spiro atoms. The molecular formula is C16H23F2NO. The van der Waals surface area contributed by atoms with Crippen molar-refractivity contribution in [2.75, 3.05) is 0 Å². The predicted octanol–water partition coefficient (Wildman–Crippen LogP) is 3.17. The van der Waals surface area contributed by atoms with E-state index in [4.69, 9.17) is 5.73 Å². The van der Waals surface area contributed by atoms with Crippen LogP contribution in [0.1, 0.15) is 45.1 Å². The van der Waals surface area contributed by atoms with Gasteiger partial charge in [-0.15, -0.1) is 0 Å². The van der Waals surface area contributed by atoms with Gasteiger partial charge in [-0.05, 0) is 50.5 Å². The van der Waals surface area contributed by atoms with Crippen molar-refractivity contribution in [1.82, 2.24) is 0 Å². The Kier molecular flexibility index (Phi) is 4.17. The number of hydrogen-bond donors (Lipinski definition) is 2. The fourth-order valence-corrected chi connectivity index (χ4v) is 3.51. The van der Waals surface area contributed by atoms with Crippen LogP contribution in [0.3, 0.4) is 0 Å². The minimum atomic E-state index is -1.06. The average molecular weight is 283 g/mol. The molecule has 2 atom stereocenters. The zero-order chi connectivity index (χ0) is 15.0. The van der Waals surface area contributed by atoms with Gasteiger partial charge in [-0.1, -0.05) is 12.8 Å². The van der Waals surface area contributed by atoms with E-state index in [-0.39, 0.29) is 17.9 Å². The summed E-state index contributed by atoms with van der Waals surface area (Å²) in [7, 11) is 0. The number of benzene rings is 1. The standard InChI is InChI=1S/C16H23F2NO/c1-15(2,19)14-5-3-4-8-16(14,20)10-11-9-12(17)6-7-13(11)18/h6-7,9,14,20H,3-5,8,10,19H2,1-2H3/t14-,16+/m0/s1. The van der Waals surface area contributed by atoms with Gasteiger partial charge in [0.1, 0.15) is 11.6 Å². The van der Waals surface area contributed by atoms with E-state index in [9.17, 15) is 13.9 Å². The first kappa shape index (κ1) is 15.4. The minimum Gasteiger partial charge on any atom is -0.389 e. The second kappa shape index (κ2) is 5.41. The third-order valence-electron chi connectivity index (χ3n) is 4.40. The molecule has 0 amide bonds. The second-order valence-corrected chi connectivity index (χ2v) is 6.64. The molecule has 4 heteroatoms. The fraction of sp³-hybridized carbons (Fsp3) is 0.625. The molecule has 0 bridgehead atoms. The molecule has 3 N–H and O–H groups in total. The zero-order valence-corrected chi connectivity index (χ0v) is 12.1. The number of aliphatic hydroxyl groups is 1. The molecule has 0 aromatic heterocycles. The molecular weight excluding hydrogens is 260 g/mol. The Bertz CT molecular complexity index is 484. The number of halogens is 2. The van der Waals surface area contributed by atoms with Gasteiger partial charge < -0.3 is 10.8 Å². The molecule has 1 aromatic carbocycles. The summed E-state index contributed by atoms with van der Waals surface area (Å²) in [6.45, 7) is 3.77. The summed E-state index contributed by atoms with van der Waals surface area (Å²) >= 11 is 0. The highest BCUT2D eigenvalue weighted by Crippen LogP contribution is 2.41. The lowest BCUT2D eigenvalue weighted by Crippen LogP contribution is -2.56. The van der Waals surface area contributed by atoms with Crippen LogP contribution in [-0.2, 0) is 6.42 Å². The van der Waals surface area contributed by atoms with Gasteiger partial charge >= 0.3 is 0 Å². The first-order valence-electron chi connectivity index (χ1n) is 7.17. The van der Waals surface area contributed by atoms with Crippen LogP contribution in [0.4, 0.5) is 8.78 Å². The fourth-order valence-electron chi connectivity index (χ4n) is 3.51. The number of hydrogen-bond acceptors (Lipinski definition) is 2. The molecule has 0 heterocycles. The highest BCUT2D eigenvalue weighted by atomic mass is 19.1. The van der Waals surface area contributed by atoms with Crippen molar-refractivity contribution in [1.29, 1.82) is 0 Å². The lowest BCUT2D eigenvalue weighted by atomic mass is 9.65. The van der Waals surface area contributed by atoms with Gasteiger partial charge in [0, 0.05) is 17.9 Å². The van der Waals surface area contributed by atoms with Crippen molar-refractivity contribution >= 4 is 0 Å². The van der Waals surface area contributed by atoms with E-state index in [1.165, 1.54) is 6.07 Å². The van der Waals surface area contributed by atoms with Crippen LogP contribution in [0, 0.1) is 17.6 Å². The third-order valence-corrected chi connectivity index (χ3v) is 4.40. The SMILES string of the molecule is CC(C)(N)[C@@H]1CCCC[C@@]1(O)Cc1cc(F)ccc1F. The molecule has 1 aliphatic rings. The van der Waals surface area contributed by atoms with Crippen molar-refractivity contribution < 1.29 is 13.9 Å². The molecule has 2 nitrogen and oxygen atoms in total. The van der Waals surface area contributed by atoms with E-state index in [2.05, 4.69) is 0 Å². The lowest BCUT2D eigenvalue weighted by molar-refractivity contribution is -0.0722. The first-order chi connectivity index (χ1) is 9.22. The Morgan fingerprint density at radius 3 is 2.70 bits per heavy atom. The van der Waals surface area contributed by atoms with Gasteiger partial charge in [0.15, 0.2) is 0 Å². The van der Waals surface area contributed by atoms with Gasteiger partial charge in [-0.25, -0.2) is 8.78 Å². The second-order valence-electron chi connectivity index (χ2n) is 6.64. The maximum absolute atomic E-state index is 13.8. The van der Waals surface area contributed by atoms with E-state index in [0.29, 0.717) is 6.42 Å². The summed E-state index contributed by atoms with van der Waals surface area (Å²) in [4.78, 5) is 0. The highest BCUT2D eigenvalue weighted by Gasteiger charge is 2.45. The highest BCUT2D eigenvalue weighted by molar-refractivity contribution is 5.22. The molecule has 0 radical (unpaired) electrons. The summed E-state index contributed by atoms with van der Waals surface area (Å²) in [6.07, 6.45) is 3.41. The van der Waals surface area contributed by atoms with Crippen molar-refractivity contribution in [3.8, 4) is 0 Å². The summed E-state index contributed by atoms with van der Waals surface area (Å²) in [5, 5.41) is 11.0. The van der Waals surface area contributed by atoms with E-state index < -0.39 is 22.8 Å². The maximum atomic E-state index is 13.8. The maximum Gasteiger partial charge on any atom is 0.126 e. The molecule has 20 heavy (non-hydrogen) atoms. The van der Waals surface area contributed by atoms with Crippen LogP contribution in [0.5, 0.6) is 0 Å². The van der Waals surface area contributed by atoms with Gasteiger partial charge in [0.2, 0.25) is 0 Å². The average Bonchev–Trinajstić information content (AvgIpc) is 2.32. The molecule has 1 aliphatic carbocycles. The Hall–Kier alpha value is -1.00. The van der Waals surface area contributed by atoms with E-state index in [1.807, 2.05) is 13.8 Å². The number of rotatable bonds is 3. The largest absolute Gasteiger partial charge is 0.389 e. The minimum absolute atomic E-state index is 0.113.